The molecule has 0 unspecified atom stereocenters. The summed E-state index contributed by atoms with van der Waals surface area (Å²) >= 11 is 0. The predicted molar refractivity (Wildman–Crippen MR) is 55.1 cm³/mol. The van der Waals surface area contributed by atoms with E-state index in [1.807, 2.05) is 12.2 Å². The topological polar surface area (TPSA) is 0 Å². The summed E-state index contributed by atoms with van der Waals surface area (Å²) in [5.74, 6) is 0.911. The van der Waals surface area contributed by atoms with Gasteiger partial charge in [0.05, 0.1) is 0 Å². The van der Waals surface area contributed by atoms with E-state index in [-0.39, 0.29) is 0 Å². The largest absolute Gasteiger partial charge is 0.0991 e. The molecule has 0 atom stereocenters. The summed E-state index contributed by atoms with van der Waals surface area (Å²) in [7, 11) is 0. The molecule has 0 N–H and O–H groups in total. The second kappa shape index (κ2) is 4.97. The summed E-state index contributed by atoms with van der Waals surface area (Å²) in [4.78, 5) is 0. The smallest absolute Gasteiger partial charge is 0.0251 e. The molecule has 0 aromatic rings. The first-order valence-electron chi connectivity index (χ1n) is 4.81. The van der Waals surface area contributed by atoms with Gasteiger partial charge in [0, 0.05) is 0 Å². The van der Waals surface area contributed by atoms with Gasteiger partial charge in [0.2, 0.25) is 0 Å². The first-order valence-corrected chi connectivity index (χ1v) is 4.81. The lowest BCUT2D eigenvalue weighted by Crippen LogP contribution is -1.93. The Hall–Kier alpha value is -0.780. The van der Waals surface area contributed by atoms with Gasteiger partial charge in [0.15, 0.2) is 0 Å². The van der Waals surface area contributed by atoms with Gasteiger partial charge < -0.3 is 0 Å². The highest BCUT2D eigenvalue weighted by atomic mass is 14.2. The van der Waals surface area contributed by atoms with Gasteiger partial charge in [0.25, 0.3) is 0 Å². The minimum absolute atomic E-state index is 0.911. The van der Waals surface area contributed by atoms with Gasteiger partial charge in [-0.3, -0.25) is 0 Å². The Balaban J connectivity index is 2.40. The maximum Gasteiger partial charge on any atom is -0.0251 e. The van der Waals surface area contributed by atoms with E-state index in [2.05, 4.69) is 19.2 Å². The number of hydrogen-bond acceptors (Lipinski definition) is 0. The quantitative estimate of drug-likeness (QED) is 0.550. The van der Waals surface area contributed by atoms with Crippen molar-refractivity contribution in [2.75, 3.05) is 0 Å². The molecular weight excluding hydrogens is 144 g/mol. The van der Waals surface area contributed by atoms with E-state index < -0.39 is 0 Å². The van der Waals surface area contributed by atoms with Crippen molar-refractivity contribution in [1.82, 2.24) is 0 Å². The first kappa shape index (κ1) is 9.31. The minimum atomic E-state index is 0.911. The lowest BCUT2D eigenvalue weighted by Gasteiger charge is -2.08. The zero-order valence-electron chi connectivity index (χ0n) is 7.76. The van der Waals surface area contributed by atoms with Gasteiger partial charge >= 0.3 is 0 Å². The van der Waals surface area contributed by atoms with E-state index >= 15 is 0 Å². The molecule has 0 saturated heterocycles. The fraction of sp³-hybridized carbons (Fsp3) is 0.500. The molecule has 0 radical (unpaired) electrons. The van der Waals surface area contributed by atoms with E-state index in [4.69, 9.17) is 0 Å². The molecule has 0 aromatic carbocycles. The van der Waals surface area contributed by atoms with Crippen LogP contribution in [0, 0.1) is 5.92 Å². The molecule has 1 rings (SSSR count). The van der Waals surface area contributed by atoms with Crippen LogP contribution in [0.2, 0.25) is 0 Å². The molecule has 0 aromatic heterocycles. The third kappa shape index (κ3) is 2.69. The molecule has 0 bridgehead atoms. The average Bonchev–Trinajstić information content (AvgIpc) is 2.56. The normalized spacial score (nSPS) is 19.5. The van der Waals surface area contributed by atoms with Crippen molar-refractivity contribution in [3.05, 3.63) is 37.0 Å². The van der Waals surface area contributed by atoms with Crippen LogP contribution in [-0.4, -0.2) is 0 Å². The molecular formula is C12H18. The van der Waals surface area contributed by atoms with E-state index in [0.29, 0.717) is 0 Å². The summed E-state index contributed by atoms with van der Waals surface area (Å²) in [6.07, 6.45) is 12.7. The van der Waals surface area contributed by atoms with E-state index in [1.54, 1.807) is 0 Å². The van der Waals surface area contributed by atoms with Crippen molar-refractivity contribution in [2.24, 2.45) is 5.92 Å². The molecule has 0 aliphatic heterocycles. The Bertz CT molecular complexity index is 180. The summed E-state index contributed by atoms with van der Waals surface area (Å²) < 4.78 is 0. The van der Waals surface area contributed by atoms with Gasteiger partial charge in [-0.15, -0.1) is 0 Å². The molecule has 12 heavy (non-hydrogen) atoms. The summed E-state index contributed by atoms with van der Waals surface area (Å²) in [5.41, 5.74) is 1.34. The number of hydrogen-bond donors (Lipinski definition) is 0. The molecule has 0 heterocycles. The zero-order valence-corrected chi connectivity index (χ0v) is 7.76. The van der Waals surface area contributed by atoms with E-state index in [9.17, 15) is 0 Å². The highest BCUT2D eigenvalue weighted by Gasteiger charge is 2.14. The van der Waals surface area contributed by atoms with E-state index in [0.717, 1.165) is 5.92 Å². The Morgan fingerprint density at radius 1 is 1.25 bits per heavy atom. The van der Waals surface area contributed by atoms with Gasteiger partial charge in [-0.1, -0.05) is 57.1 Å². The highest BCUT2D eigenvalue weighted by Crippen LogP contribution is 2.30. The van der Waals surface area contributed by atoms with Crippen LogP contribution in [0.3, 0.4) is 0 Å². The van der Waals surface area contributed by atoms with Crippen molar-refractivity contribution in [3.63, 3.8) is 0 Å². The standard InChI is InChI=1S/C12H18/c1-3-7-11(4-2)10-12-8-5-6-9-12/h3-4,7,12H,1-2,5-6,8-10H2/b11-7+. The van der Waals surface area contributed by atoms with Crippen LogP contribution < -0.4 is 0 Å². The Kier molecular flexibility index (Phi) is 3.86. The molecule has 0 nitrogen and oxygen atoms in total. The van der Waals surface area contributed by atoms with Crippen LogP contribution in [0.5, 0.6) is 0 Å². The molecule has 1 saturated carbocycles. The van der Waals surface area contributed by atoms with Crippen molar-refractivity contribution in [1.29, 1.82) is 0 Å². The van der Waals surface area contributed by atoms with Crippen LogP contribution in [0.25, 0.3) is 0 Å². The predicted octanol–water partition coefficient (Wildman–Crippen LogP) is 3.87. The van der Waals surface area contributed by atoms with Gasteiger partial charge in [-0.2, -0.15) is 0 Å². The molecule has 0 spiro atoms. The van der Waals surface area contributed by atoms with Crippen molar-refractivity contribution >= 4 is 0 Å². The van der Waals surface area contributed by atoms with Crippen LogP contribution in [0.1, 0.15) is 32.1 Å². The highest BCUT2D eigenvalue weighted by molar-refractivity contribution is 5.21. The van der Waals surface area contributed by atoms with Crippen LogP contribution >= 0.6 is 0 Å². The van der Waals surface area contributed by atoms with Crippen LogP contribution in [0.4, 0.5) is 0 Å². The van der Waals surface area contributed by atoms with Crippen molar-refractivity contribution in [2.45, 2.75) is 32.1 Å². The fourth-order valence-corrected chi connectivity index (χ4v) is 1.92. The fourth-order valence-electron chi connectivity index (χ4n) is 1.92. The second-order valence-corrected chi connectivity index (χ2v) is 3.54. The Morgan fingerprint density at radius 3 is 2.42 bits per heavy atom. The molecule has 0 heteroatoms. The maximum atomic E-state index is 3.81. The summed E-state index contributed by atoms with van der Waals surface area (Å²) in [5, 5.41) is 0. The Labute approximate surface area is 75.7 Å². The number of allylic oxidation sites excluding steroid dienone is 4. The third-order valence-corrected chi connectivity index (χ3v) is 2.59. The van der Waals surface area contributed by atoms with Gasteiger partial charge in [-0.05, 0) is 17.9 Å². The number of rotatable bonds is 4. The summed E-state index contributed by atoms with van der Waals surface area (Å²) in [6, 6.07) is 0. The molecule has 0 amide bonds. The zero-order chi connectivity index (χ0) is 8.81. The maximum absolute atomic E-state index is 3.81. The van der Waals surface area contributed by atoms with Crippen LogP contribution in [-0.2, 0) is 0 Å². The Morgan fingerprint density at radius 2 is 1.92 bits per heavy atom. The van der Waals surface area contributed by atoms with Gasteiger partial charge in [0.1, 0.15) is 0 Å². The van der Waals surface area contributed by atoms with Gasteiger partial charge in [-0.25, -0.2) is 0 Å². The second-order valence-electron chi connectivity index (χ2n) is 3.54. The average molecular weight is 162 g/mol. The monoisotopic (exact) mass is 162 g/mol. The first-order chi connectivity index (χ1) is 5.86. The molecule has 1 aliphatic carbocycles. The molecule has 1 fully saturated rings. The minimum Gasteiger partial charge on any atom is -0.0991 e. The molecule has 66 valence electrons. The van der Waals surface area contributed by atoms with Crippen molar-refractivity contribution < 1.29 is 0 Å². The van der Waals surface area contributed by atoms with Crippen molar-refractivity contribution in [3.8, 4) is 0 Å². The third-order valence-electron chi connectivity index (χ3n) is 2.59. The lowest BCUT2D eigenvalue weighted by molar-refractivity contribution is 0.549. The van der Waals surface area contributed by atoms with E-state index in [1.165, 1.54) is 37.7 Å². The summed E-state index contributed by atoms with van der Waals surface area (Å²) in [6.45, 7) is 7.50. The lowest BCUT2D eigenvalue weighted by atomic mass is 9.98. The molecule has 1 aliphatic rings. The SMILES string of the molecule is C=C/C=C(\C=C)CC1CCCC1. The van der Waals surface area contributed by atoms with Crippen LogP contribution in [0.15, 0.2) is 37.0 Å².